The van der Waals surface area contributed by atoms with Gasteiger partial charge in [0, 0.05) is 18.7 Å². The van der Waals surface area contributed by atoms with Gasteiger partial charge in [-0.2, -0.15) is 0 Å². The zero-order valence-electron chi connectivity index (χ0n) is 7.25. The fraction of sp³-hybridized carbons (Fsp3) is 0.778. The minimum atomic E-state index is -0.691. The van der Waals surface area contributed by atoms with E-state index in [0.717, 1.165) is 32.2 Å². The summed E-state index contributed by atoms with van der Waals surface area (Å²) in [4.78, 5) is 14.5. The van der Waals surface area contributed by atoms with Crippen LogP contribution in [0.25, 0.3) is 0 Å². The lowest BCUT2D eigenvalue weighted by Crippen LogP contribution is -1.96. The second-order valence-corrected chi connectivity index (χ2v) is 3.15. The lowest BCUT2D eigenvalue weighted by atomic mass is 10.1. The summed E-state index contributed by atoms with van der Waals surface area (Å²) in [7, 11) is 0. The van der Waals surface area contributed by atoms with Crippen LogP contribution in [-0.2, 0) is 4.79 Å². The first kappa shape index (κ1) is 9.23. The maximum Gasteiger partial charge on any atom is 0.303 e. The van der Waals surface area contributed by atoms with Gasteiger partial charge in [0.15, 0.2) is 0 Å². The standard InChI is InChI=1S/C9H15NO2/c11-9(12)6-2-1-4-8-5-3-7-10-8/h1-7H2,(H,11,12). The summed E-state index contributed by atoms with van der Waals surface area (Å²) in [6.45, 7) is 0.980. The van der Waals surface area contributed by atoms with E-state index in [2.05, 4.69) is 4.99 Å². The molecular formula is C9H15NO2. The van der Waals surface area contributed by atoms with Crippen LogP contribution in [0.3, 0.4) is 0 Å². The van der Waals surface area contributed by atoms with Gasteiger partial charge in [0.05, 0.1) is 0 Å². The molecule has 0 unspecified atom stereocenters. The van der Waals surface area contributed by atoms with Gasteiger partial charge in [-0.1, -0.05) is 0 Å². The molecule has 0 amide bonds. The number of rotatable bonds is 5. The van der Waals surface area contributed by atoms with Crippen molar-refractivity contribution in [3.05, 3.63) is 0 Å². The topological polar surface area (TPSA) is 49.7 Å². The van der Waals surface area contributed by atoms with Crippen molar-refractivity contribution in [2.45, 2.75) is 38.5 Å². The number of aliphatic carboxylic acids is 1. The molecule has 68 valence electrons. The second kappa shape index (κ2) is 4.91. The van der Waals surface area contributed by atoms with Crippen molar-refractivity contribution in [3.8, 4) is 0 Å². The molecule has 0 atom stereocenters. The van der Waals surface area contributed by atoms with Crippen molar-refractivity contribution in [1.82, 2.24) is 0 Å². The van der Waals surface area contributed by atoms with Crippen LogP contribution in [0.4, 0.5) is 0 Å². The summed E-state index contributed by atoms with van der Waals surface area (Å²) >= 11 is 0. The molecule has 0 aliphatic carbocycles. The number of unbranched alkanes of at least 4 members (excludes halogenated alkanes) is 1. The molecule has 0 radical (unpaired) electrons. The molecule has 0 saturated carbocycles. The molecule has 1 aliphatic rings. The normalized spacial score (nSPS) is 16.2. The molecule has 3 heteroatoms. The highest BCUT2D eigenvalue weighted by atomic mass is 16.4. The average Bonchev–Trinajstić information content (AvgIpc) is 2.49. The minimum absolute atomic E-state index is 0.299. The molecule has 0 saturated heterocycles. The molecule has 0 aromatic carbocycles. The number of carboxylic acid groups (broad SMARTS) is 1. The van der Waals surface area contributed by atoms with E-state index in [0.29, 0.717) is 6.42 Å². The Hall–Kier alpha value is -0.860. The molecule has 0 fully saturated rings. The molecule has 1 rings (SSSR count). The van der Waals surface area contributed by atoms with Crippen molar-refractivity contribution in [1.29, 1.82) is 0 Å². The van der Waals surface area contributed by atoms with Gasteiger partial charge < -0.3 is 5.11 Å². The van der Waals surface area contributed by atoms with Gasteiger partial charge in [-0.25, -0.2) is 0 Å². The second-order valence-electron chi connectivity index (χ2n) is 3.15. The quantitative estimate of drug-likeness (QED) is 0.638. The monoisotopic (exact) mass is 169 g/mol. The number of nitrogens with zero attached hydrogens (tertiary/aromatic N) is 1. The van der Waals surface area contributed by atoms with Crippen LogP contribution < -0.4 is 0 Å². The highest BCUT2D eigenvalue weighted by Gasteiger charge is 2.05. The van der Waals surface area contributed by atoms with Crippen LogP contribution >= 0.6 is 0 Å². The Balaban J connectivity index is 1.98. The number of hydrogen-bond donors (Lipinski definition) is 1. The molecule has 12 heavy (non-hydrogen) atoms. The predicted octanol–water partition coefficient (Wildman–Crippen LogP) is 1.87. The fourth-order valence-electron chi connectivity index (χ4n) is 1.41. The molecule has 3 nitrogen and oxygen atoms in total. The minimum Gasteiger partial charge on any atom is -0.481 e. The van der Waals surface area contributed by atoms with Gasteiger partial charge in [-0.15, -0.1) is 0 Å². The van der Waals surface area contributed by atoms with E-state index >= 15 is 0 Å². The molecule has 1 aliphatic heterocycles. The van der Waals surface area contributed by atoms with Gasteiger partial charge in [0.2, 0.25) is 0 Å². The largest absolute Gasteiger partial charge is 0.481 e. The van der Waals surface area contributed by atoms with E-state index in [1.165, 1.54) is 12.1 Å². The third-order valence-electron chi connectivity index (χ3n) is 2.06. The summed E-state index contributed by atoms with van der Waals surface area (Å²) < 4.78 is 0. The molecule has 0 aromatic heterocycles. The van der Waals surface area contributed by atoms with Gasteiger partial charge >= 0.3 is 5.97 Å². The Labute approximate surface area is 72.5 Å². The number of carbonyl (C=O) groups is 1. The number of hydrogen-bond acceptors (Lipinski definition) is 2. The van der Waals surface area contributed by atoms with Crippen LogP contribution in [0.15, 0.2) is 4.99 Å². The van der Waals surface area contributed by atoms with Gasteiger partial charge in [-0.05, 0) is 32.1 Å². The lowest BCUT2D eigenvalue weighted by molar-refractivity contribution is -0.137. The first-order valence-corrected chi connectivity index (χ1v) is 4.53. The molecule has 1 heterocycles. The van der Waals surface area contributed by atoms with Crippen LogP contribution in [0.1, 0.15) is 38.5 Å². The maximum absolute atomic E-state index is 10.2. The number of aliphatic imine (C=N–C) groups is 1. The van der Waals surface area contributed by atoms with E-state index in [1.807, 2.05) is 0 Å². The van der Waals surface area contributed by atoms with E-state index in [1.54, 1.807) is 0 Å². The molecule has 0 spiro atoms. The molecule has 1 N–H and O–H groups in total. The third-order valence-corrected chi connectivity index (χ3v) is 2.06. The molecular weight excluding hydrogens is 154 g/mol. The zero-order valence-corrected chi connectivity index (χ0v) is 7.25. The maximum atomic E-state index is 10.2. The third kappa shape index (κ3) is 3.51. The smallest absolute Gasteiger partial charge is 0.303 e. The van der Waals surface area contributed by atoms with Crippen LogP contribution in [0.5, 0.6) is 0 Å². The van der Waals surface area contributed by atoms with Crippen LogP contribution in [0.2, 0.25) is 0 Å². The lowest BCUT2D eigenvalue weighted by Gasteiger charge is -1.97. The summed E-state index contributed by atoms with van der Waals surface area (Å²) in [5.74, 6) is -0.691. The molecule has 0 bridgehead atoms. The van der Waals surface area contributed by atoms with Gasteiger partial charge in [0.1, 0.15) is 0 Å². The highest BCUT2D eigenvalue weighted by Crippen LogP contribution is 2.10. The summed E-state index contributed by atoms with van der Waals surface area (Å²) in [5, 5.41) is 8.38. The zero-order chi connectivity index (χ0) is 8.81. The first-order chi connectivity index (χ1) is 5.79. The molecule has 0 aromatic rings. The summed E-state index contributed by atoms with van der Waals surface area (Å²) in [6.07, 6.45) is 5.39. The Morgan fingerprint density at radius 2 is 2.33 bits per heavy atom. The SMILES string of the molecule is O=C(O)CCCCC1=NCCC1. The van der Waals surface area contributed by atoms with Crippen LogP contribution in [-0.4, -0.2) is 23.3 Å². The van der Waals surface area contributed by atoms with Crippen molar-refractivity contribution in [3.63, 3.8) is 0 Å². The Morgan fingerprint density at radius 3 is 2.92 bits per heavy atom. The Morgan fingerprint density at radius 1 is 1.50 bits per heavy atom. The van der Waals surface area contributed by atoms with Gasteiger partial charge in [0.25, 0.3) is 0 Å². The van der Waals surface area contributed by atoms with Crippen molar-refractivity contribution >= 4 is 11.7 Å². The van der Waals surface area contributed by atoms with E-state index in [-0.39, 0.29) is 0 Å². The van der Waals surface area contributed by atoms with Crippen molar-refractivity contribution in [2.24, 2.45) is 4.99 Å². The Bertz CT molecular complexity index is 187. The van der Waals surface area contributed by atoms with Crippen LogP contribution in [0, 0.1) is 0 Å². The van der Waals surface area contributed by atoms with E-state index in [9.17, 15) is 4.79 Å². The van der Waals surface area contributed by atoms with Gasteiger partial charge in [-0.3, -0.25) is 9.79 Å². The van der Waals surface area contributed by atoms with E-state index in [4.69, 9.17) is 5.11 Å². The summed E-state index contributed by atoms with van der Waals surface area (Å²) in [6, 6.07) is 0. The fourth-order valence-corrected chi connectivity index (χ4v) is 1.41. The van der Waals surface area contributed by atoms with E-state index < -0.39 is 5.97 Å². The summed E-state index contributed by atoms with van der Waals surface area (Å²) in [5.41, 5.74) is 1.29. The first-order valence-electron chi connectivity index (χ1n) is 4.53. The average molecular weight is 169 g/mol. The number of carboxylic acids is 1. The predicted molar refractivity (Wildman–Crippen MR) is 47.6 cm³/mol. The van der Waals surface area contributed by atoms with Crippen molar-refractivity contribution < 1.29 is 9.90 Å². The Kier molecular flexibility index (Phi) is 3.77. The van der Waals surface area contributed by atoms with Crippen molar-refractivity contribution in [2.75, 3.05) is 6.54 Å². The highest BCUT2D eigenvalue weighted by molar-refractivity contribution is 5.85.